The highest BCUT2D eigenvalue weighted by Crippen LogP contribution is 2.18. The molecule has 1 atom stereocenters. The molecule has 8 heteroatoms. The van der Waals surface area contributed by atoms with Crippen molar-refractivity contribution in [3.05, 3.63) is 12.2 Å². The maximum atomic E-state index is 11.3. The van der Waals surface area contributed by atoms with Crippen LogP contribution in [0.5, 0.6) is 0 Å². The van der Waals surface area contributed by atoms with E-state index in [2.05, 4.69) is 40.0 Å². The highest BCUT2D eigenvalue weighted by Gasteiger charge is 2.23. The molecule has 0 fully saturated rings. The number of hydrogen-bond acceptors (Lipinski definition) is 3. The molecule has 0 aliphatic heterocycles. The largest absolute Gasteiger partial charge is 0.756 e. The Kier molecular flexibility index (Phi) is 8.34. The molecule has 0 aromatic rings. The van der Waals surface area contributed by atoms with Gasteiger partial charge in [0.2, 0.25) is 0 Å². The Morgan fingerprint density at radius 3 is 1.94 bits per heavy atom. The van der Waals surface area contributed by atoms with Crippen LogP contribution >= 0.6 is 7.82 Å². The van der Waals surface area contributed by atoms with E-state index in [1.54, 1.807) is 6.92 Å². The Bertz CT molecular complexity index is 323. The smallest absolute Gasteiger partial charge is 0.262 e. The van der Waals surface area contributed by atoms with Gasteiger partial charge in [0.15, 0.2) is 6.17 Å². The number of phosphoric acid groups is 1. The van der Waals surface area contributed by atoms with E-state index in [9.17, 15) is 4.79 Å². The van der Waals surface area contributed by atoms with Crippen LogP contribution in [0, 0.1) is 0 Å². The van der Waals surface area contributed by atoms with Crippen molar-refractivity contribution in [2.45, 2.75) is 26.4 Å². The summed E-state index contributed by atoms with van der Waals surface area (Å²) in [6.45, 7) is 7.39. The van der Waals surface area contributed by atoms with Gasteiger partial charge in [-0.05, 0) is 6.92 Å². The molecule has 0 aromatic heterocycles. The molecule has 0 rings (SSSR count). The van der Waals surface area contributed by atoms with Gasteiger partial charge in [-0.1, -0.05) is 13.5 Å². The second-order valence-corrected chi connectivity index (χ2v) is 5.77. The Balaban J connectivity index is 0. The number of nitrogens with one attached hydrogen (secondary N) is 1. The first kappa shape index (κ1) is 19.6. The Hall–Kier alpha value is -0.720. The van der Waals surface area contributed by atoms with Crippen molar-refractivity contribution in [1.29, 1.82) is 0 Å². The topological polar surface area (TPSA) is 110 Å². The summed E-state index contributed by atoms with van der Waals surface area (Å²) in [5, 5.41) is 2.94. The first-order valence-electron chi connectivity index (χ1n) is 5.33. The van der Waals surface area contributed by atoms with Crippen LogP contribution < -0.4 is 10.2 Å². The molecule has 0 aliphatic rings. The zero-order valence-corrected chi connectivity index (χ0v) is 12.4. The number of carbonyl (C=O) groups is 1. The predicted octanol–water partition coefficient (Wildman–Crippen LogP) is -0.440. The van der Waals surface area contributed by atoms with E-state index in [0.717, 1.165) is 10.9 Å². The van der Waals surface area contributed by atoms with E-state index in [4.69, 9.17) is 19.2 Å². The highest BCUT2D eigenvalue weighted by atomic mass is 31.2. The van der Waals surface area contributed by atoms with Crippen LogP contribution in [-0.4, -0.2) is 47.5 Å². The van der Waals surface area contributed by atoms with Gasteiger partial charge in [0, 0.05) is 12.0 Å². The summed E-state index contributed by atoms with van der Waals surface area (Å²) < 4.78 is 9.50. The second kappa shape index (κ2) is 7.66. The van der Waals surface area contributed by atoms with Gasteiger partial charge in [0.05, 0.1) is 21.1 Å². The lowest BCUT2D eigenvalue weighted by Gasteiger charge is -2.33. The average molecular weight is 282 g/mol. The number of carbonyl (C=O) groups excluding carboxylic acids is 1. The molecule has 18 heavy (non-hydrogen) atoms. The van der Waals surface area contributed by atoms with Crippen LogP contribution in [0.3, 0.4) is 0 Å². The van der Waals surface area contributed by atoms with Crippen molar-refractivity contribution < 1.29 is 28.5 Å². The van der Waals surface area contributed by atoms with Crippen molar-refractivity contribution in [1.82, 2.24) is 5.32 Å². The third kappa shape index (κ3) is 13.3. The molecule has 0 heterocycles. The number of amides is 1. The van der Waals surface area contributed by atoms with Gasteiger partial charge in [-0.25, -0.2) is 0 Å². The number of quaternary nitrogens is 1. The minimum atomic E-state index is -4.89. The lowest BCUT2D eigenvalue weighted by Crippen LogP contribution is -2.54. The summed E-state index contributed by atoms with van der Waals surface area (Å²) in [7, 11) is 1.30. The van der Waals surface area contributed by atoms with Gasteiger partial charge < -0.3 is 24.5 Å². The van der Waals surface area contributed by atoms with Crippen molar-refractivity contribution in [2.24, 2.45) is 0 Å². The normalized spacial score (nSPS) is 13.1. The number of nitrogens with zero attached hydrogens (tertiary/aromatic N) is 1. The first-order valence-corrected chi connectivity index (χ1v) is 6.86. The van der Waals surface area contributed by atoms with Crippen LogP contribution in [0.4, 0.5) is 0 Å². The zero-order valence-electron chi connectivity index (χ0n) is 11.5. The standard InChI is InChI=1S/C10H20N2O.H3O4P/c1-7-9(12(4,5)6)11-10(13)8(2)3;1-5(2,3)4/h9H,2,7H2,1,3-6H3;(H3,1,2,3,4). The van der Waals surface area contributed by atoms with Crippen LogP contribution in [-0.2, 0) is 9.36 Å². The maximum Gasteiger partial charge on any atom is 0.262 e. The van der Waals surface area contributed by atoms with Gasteiger partial charge in [0.1, 0.15) is 0 Å². The molecule has 7 nitrogen and oxygen atoms in total. The van der Waals surface area contributed by atoms with Gasteiger partial charge in [-0.15, -0.1) is 0 Å². The second-order valence-electron chi connectivity index (χ2n) is 4.78. The Labute approximate surface area is 108 Å². The number of hydrogen-bond donors (Lipinski definition) is 3. The van der Waals surface area contributed by atoms with Gasteiger partial charge in [-0.2, -0.15) is 0 Å². The maximum absolute atomic E-state index is 11.3. The Morgan fingerprint density at radius 2 is 1.78 bits per heavy atom. The molecule has 1 unspecified atom stereocenters. The third-order valence-electron chi connectivity index (χ3n) is 2.01. The van der Waals surface area contributed by atoms with Crippen molar-refractivity contribution >= 4 is 13.7 Å². The molecule has 0 saturated carbocycles. The molecular formula is C10H23N2O5P. The summed E-state index contributed by atoms with van der Waals surface area (Å²) in [5.74, 6) is -0.0556. The Morgan fingerprint density at radius 1 is 1.44 bits per heavy atom. The van der Waals surface area contributed by atoms with Crippen LogP contribution in [0.2, 0.25) is 0 Å². The minimum Gasteiger partial charge on any atom is -0.756 e. The van der Waals surface area contributed by atoms with Crippen LogP contribution in [0.25, 0.3) is 0 Å². The van der Waals surface area contributed by atoms with E-state index < -0.39 is 7.82 Å². The number of rotatable bonds is 4. The highest BCUT2D eigenvalue weighted by molar-refractivity contribution is 7.43. The fourth-order valence-electron chi connectivity index (χ4n) is 1.12. The van der Waals surface area contributed by atoms with Crippen molar-refractivity contribution in [3.8, 4) is 0 Å². The molecule has 0 aromatic carbocycles. The monoisotopic (exact) mass is 282 g/mol. The predicted molar refractivity (Wildman–Crippen MR) is 67.1 cm³/mol. The lowest BCUT2D eigenvalue weighted by molar-refractivity contribution is -0.898. The fourth-order valence-corrected chi connectivity index (χ4v) is 1.12. The molecule has 1 amide bonds. The molecule has 0 spiro atoms. The first-order chi connectivity index (χ1) is 7.79. The summed E-state index contributed by atoms with van der Waals surface area (Å²) in [4.78, 5) is 34.3. The van der Waals surface area contributed by atoms with Crippen LogP contribution in [0.1, 0.15) is 20.3 Å². The van der Waals surface area contributed by atoms with Gasteiger partial charge in [-0.3, -0.25) is 9.36 Å². The fraction of sp³-hybridized carbons (Fsp3) is 0.700. The molecule has 0 saturated heterocycles. The van der Waals surface area contributed by atoms with E-state index in [1.165, 1.54) is 0 Å². The molecule has 0 aliphatic carbocycles. The van der Waals surface area contributed by atoms with Crippen LogP contribution in [0.15, 0.2) is 12.2 Å². The minimum absolute atomic E-state index is 0.0556. The van der Waals surface area contributed by atoms with Crippen molar-refractivity contribution in [2.75, 3.05) is 21.1 Å². The zero-order chi connectivity index (χ0) is 15.1. The van der Waals surface area contributed by atoms with E-state index in [0.29, 0.717) is 5.57 Å². The summed E-state index contributed by atoms with van der Waals surface area (Å²) in [6, 6.07) is 0. The average Bonchev–Trinajstić information content (AvgIpc) is 2.08. The summed E-state index contributed by atoms with van der Waals surface area (Å²) in [6.07, 6.45) is 1.08. The summed E-state index contributed by atoms with van der Waals surface area (Å²) >= 11 is 0. The van der Waals surface area contributed by atoms with Gasteiger partial charge in [0.25, 0.3) is 13.7 Å². The molecule has 0 bridgehead atoms. The van der Waals surface area contributed by atoms with E-state index >= 15 is 0 Å². The van der Waals surface area contributed by atoms with Crippen molar-refractivity contribution in [3.63, 3.8) is 0 Å². The molecule has 108 valence electrons. The lowest BCUT2D eigenvalue weighted by atomic mass is 10.2. The molecular weight excluding hydrogens is 259 g/mol. The third-order valence-corrected chi connectivity index (χ3v) is 2.01. The molecule has 3 N–H and O–H groups in total. The molecule has 0 radical (unpaired) electrons. The quantitative estimate of drug-likeness (QED) is 0.280. The van der Waals surface area contributed by atoms with E-state index in [1.807, 2.05) is 0 Å². The summed E-state index contributed by atoms with van der Waals surface area (Å²) in [5.41, 5.74) is 0.562. The van der Waals surface area contributed by atoms with E-state index in [-0.39, 0.29) is 12.1 Å². The SMILES string of the molecule is C=C(C)C(=O)NC(CC)[N+](C)(C)C.O=P([O-])(O)O. The van der Waals surface area contributed by atoms with Gasteiger partial charge >= 0.3 is 0 Å².